The molecule has 0 amide bonds. The van der Waals surface area contributed by atoms with E-state index in [9.17, 15) is 18.0 Å². The largest absolute Gasteiger partial charge is 0.573 e. The summed E-state index contributed by atoms with van der Waals surface area (Å²) in [6.45, 7) is 6.57. The molecule has 0 atom stereocenters. The van der Waals surface area contributed by atoms with Gasteiger partial charge in [0.05, 0.1) is 6.61 Å². The number of hydrogen-bond donors (Lipinski definition) is 1. The van der Waals surface area contributed by atoms with Crippen LogP contribution in [0.2, 0.25) is 0 Å². The van der Waals surface area contributed by atoms with E-state index in [1.807, 2.05) is 12.1 Å². The Bertz CT molecular complexity index is 803. The maximum atomic E-state index is 12.2. The van der Waals surface area contributed by atoms with Crippen LogP contribution in [0.5, 0.6) is 11.5 Å². The third-order valence-electron chi connectivity index (χ3n) is 4.14. The van der Waals surface area contributed by atoms with E-state index < -0.39 is 17.9 Å². The molecule has 0 heterocycles. The molecule has 1 N–H and O–H groups in total. The third-order valence-corrected chi connectivity index (χ3v) is 4.14. The molecule has 0 saturated heterocycles. The molecule has 5 nitrogen and oxygen atoms in total. The fourth-order valence-electron chi connectivity index (χ4n) is 2.64. The van der Waals surface area contributed by atoms with Gasteiger partial charge < -0.3 is 19.5 Å². The van der Waals surface area contributed by atoms with Gasteiger partial charge in [0.2, 0.25) is 0 Å². The highest BCUT2D eigenvalue weighted by Gasteiger charge is 2.32. The van der Waals surface area contributed by atoms with E-state index >= 15 is 0 Å². The average Bonchev–Trinajstić information content (AvgIpc) is 2.66. The molecule has 0 aliphatic heterocycles. The van der Waals surface area contributed by atoms with Gasteiger partial charge in [0.1, 0.15) is 11.5 Å². The molecule has 0 radical (unpaired) electrons. The minimum Gasteiger partial charge on any atom is -0.476 e. The Balaban J connectivity index is 1.76. The first-order valence-electron chi connectivity index (χ1n) is 9.59. The maximum absolute atomic E-state index is 12.2. The lowest BCUT2D eigenvalue weighted by molar-refractivity contribution is -0.274. The monoisotopic (exact) mass is 425 g/mol. The predicted octanol–water partition coefficient (Wildman–Crippen LogP) is 4.64. The second-order valence-electron chi connectivity index (χ2n) is 7.10. The lowest BCUT2D eigenvalue weighted by Crippen LogP contribution is -2.39. The Labute approximate surface area is 174 Å². The van der Waals surface area contributed by atoms with Gasteiger partial charge in [-0.2, -0.15) is 0 Å². The Morgan fingerprint density at radius 3 is 1.97 bits per heavy atom. The Morgan fingerprint density at radius 2 is 1.43 bits per heavy atom. The van der Waals surface area contributed by atoms with E-state index in [4.69, 9.17) is 9.47 Å². The standard InChI is InChI=1S/C22H26F3NO4/c1-4-28-20(27)21(2,3)29-18-9-5-16(6-10-18)13-14-26-15-17-7-11-19(12-8-17)30-22(23,24)25/h5-12,26H,4,13-15H2,1-3H3. The van der Waals surface area contributed by atoms with E-state index in [-0.39, 0.29) is 5.75 Å². The van der Waals surface area contributed by atoms with Gasteiger partial charge in [-0.25, -0.2) is 4.79 Å². The molecule has 0 fully saturated rings. The smallest absolute Gasteiger partial charge is 0.476 e. The normalized spacial score (nSPS) is 11.8. The quantitative estimate of drug-likeness (QED) is 0.444. The number of rotatable bonds is 10. The number of carbonyl (C=O) groups excluding carboxylic acids is 1. The minimum atomic E-state index is -4.69. The summed E-state index contributed by atoms with van der Waals surface area (Å²) in [6, 6.07) is 13.2. The molecular weight excluding hydrogens is 399 g/mol. The zero-order valence-electron chi connectivity index (χ0n) is 17.2. The number of ether oxygens (including phenoxy) is 3. The summed E-state index contributed by atoms with van der Waals surface area (Å²) < 4.78 is 51.1. The van der Waals surface area contributed by atoms with E-state index in [0.29, 0.717) is 25.4 Å². The second-order valence-corrected chi connectivity index (χ2v) is 7.10. The summed E-state index contributed by atoms with van der Waals surface area (Å²) in [5.41, 5.74) is 0.868. The fraction of sp³-hybridized carbons (Fsp3) is 0.409. The molecule has 0 unspecified atom stereocenters. The Hall–Kier alpha value is -2.74. The average molecular weight is 425 g/mol. The van der Waals surface area contributed by atoms with E-state index in [2.05, 4.69) is 10.1 Å². The van der Waals surface area contributed by atoms with Crippen LogP contribution in [-0.4, -0.2) is 31.1 Å². The van der Waals surface area contributed by atoms with Gasteiger partial charge >= 0.3 is 12.3 Å². The number of carbonyl (C=O) groups is 1. The van der Waals surface area contributed by atoms with Crippen molar-refractivity contribution in [3.05, 3.63) is 59.7 Å². The highest BCUT2D eigenvalue weighted by Crippen LogP contribution is 2.23. The van der Waals surface area contributed by atoms with Crippen LogP contribution in [0.3, 0.4) is 0 Å². The van der Waals surface area contributed by atoms with Crippen LogP contribution in [0.1, 0.15) is 31.9 Å². The van der Waals surface area contributed by atoms with Gasteiger partial charge in [0, 0.05) is 6.54 Å². The van der Waals surface area contributed by atoms with Crippen molar-refractivity contribution in [2.45, 2.75) is 45.7 Å². The summed E-state index contributed by atoms with van der Waals surface area (Å²) in [5.74, 6) is -0.0816. The lowest BCUT2D eigenvalue weighted by atomic mass is 10.1. The number of benzene rings is 2. The molecule has 2 aromatic carbocycles. The van der Waals surface area contributed by atoms with Gasteiger partial charge in [-0.3, -0.25) is 0 Å². The van der Waals surface area contributed by atoms with Gasteiger partial charge in [0.15, 0.2) is 5.60 Å². The first-order chi connectivity index (χ1) is 14.1. The second kappa shape index (κ2) is 10.3. The number of alkyl halides is 3. The highest BCUT2D eigenvalue weighted by molar-refractivity contribution is 5.79. The van der Waals surface area contributed by atoms with Crippen LogP contribution in [0.15, 0.2) is 48.5 Å². The minimum absolute atomic E-state index is 0.236. The van der Waals surface area contributed by atoms with Crippen molar-refractivity contribution >= 4 is 5.97 Å². The van der Waals surface area contributed by atoms with Crippen LogP contribution in [0.4, 0.5) is 13.2 Å². The van der Waals surface area contributed by atoms with Crippen molar-refractivity contribution < 1.29 is 32.2 Å². The molecule has 0 bridgehead atoms. The lowest BCUT2D eigenvalue weighted by Gasteiger charge is -2.24. The molecule has 30 heavy (non-hydrogen) atoms. The van der Waals surface area contributed by atoms with Gasteiger partial charge in [-0.05, 0) is 69.1 Å². The van der Waals surface area contributed by atoms with E-state index in [1.54, 1.807) is 45.0 Å². The van der Waals surface area contributed by atoms with Gasteiger partial charge in [-0.15, -0.1) is 13.2 Å². The Kier molecular flexibility index (Phi) is 8.11. The van der Waals surface area contributed by atoms with Crippen molar-refractivity contribution in [2.75, 3.05) is 13.2 Å². The van der Waals surface area contributed by atoms with E-state index in [0.717, 1.165) is 17.5 Å². The number of esters is 1. The molecular formula is C22H26F3NO4. The SMILES string of the molecule is CCOC(=O)C(C)(C)Oc1ccc(CCNCc2ccc(OC(F)(F)F)cc2)cc1. The summed E-state index contributed by atoms with van der Waals surface area (Å²) in [6.07, 6.45) is -3.92. The van der Waals surface area contributed by atoms with E-state index in [1.165, 1.54) is 12.1 Å². The topological polar surface area (TPSA) is 56.8 Å². The number of nitrogens with one attached hydrogen (secondary N) is 1. The van der Waals surface area contributed by atoms with Crippen molar-refractivity contribution in [1.29, 1.82) is 0 Å². The van der Waals surface area contributed by atoms with Crippen LogP contribution >= 0.6 is 0 Å². The van der Waals surface area contributed by atoms with Crippen molar-refractivity contribution in [3.63, 3.8) is 0 Å². The summed E-state index contributed by atoms with van der Waals surface area (Å²) in [7, 11) is 0. The molecule has 0 saturated carbocycles. The molecule has 0 aromatic heterocycles. The summed E-state index contributed by atoms with van der Waals surface area (Å²) in [5, 5.41) is 3.24. The fourth-order valence-corrected chi connectivity index (χ4v) is 2.64. The molecule has 0 aliphatic rings. The van der Waals surface area contributed by atoms with Crippen molar-refractivity contribution in [2.24, 2.45) is 0 Å². The molecule has 2 aromatic rings. The van der Waals surface area contributed by atoms with Gasteiger partial charge in [-0.1, -0.05) is 24.3 Å². The van der Waals surface area contributed by atoms with Crippen LogP contribution in [0, 0.1) is 0 Å². The summed E-state index contributed by atoms with van der Waals surface area (Å²) >= 11 is 0. The molecule has 0 spiro atoms. The number of halogens is 3. The molecule has 0 aliphatic carbocycles. The first-order valence-corrected chi connectivity index (χ1v) is 9.59. The van der Waals surface area contributed by atoms with Crippen LogP contribution in [-0.2, 0) is 22.5 Å². The molecule has 8 heteroatoms. The summed E-state index contributed by atoms with van der Waals surface area (Å²) in [4.78, 5) is 11.9. The zero-order chi connectivity index (χ0) is 22.2. The van der Waals surface area contributed by atoms with Crippen molar-refractivity contribution in [1.82, 2.24) is 5.32 Å². The number of hydrogen-bond acceptors (Lipinski definition) is 5. The molecule has 2 rings (SSSR count). The van der Waals surface area contributed by atoms with Crippen molar-refractivity contribution in [3.8, 4) is 11.5 Å². The first kappa shape index (κ1) is 23.5. The Morgan fingerprint density at radius 1 is 0.900 bits per heavy atom. The maximum Gasteiger partial charge on any atom is 0.573 e. The highest BCUT2D eigenvalue weighted by atomic mass is 19.4. The van der Waals surface area contributed by atoms with Gasteiger partial charge in [0.25, 0.3) is 0 Å². The van der Waals surface area contributed by atoms with Crippen LogP contribution < -0.4 is 14.8 Å². The third kappa shape index (κ3) is 7.94. The zero-order valence-corrected chi connectivity index (χ0v) is 17.2. The van der Waals surface area contributed by atoms with Crippen LogP contribution in [0.25, 0.3) is 0 Å². The predicted molar refractivity (Wildman–Crippen MR) is 106 cm³/mol. The molecule has 164 valence electrons.